The van der Waals surface area contributed by atoms with Gasteiger partial charge in [0.2, 0.25) is 0 Å². The lowest BCUT2D eigenvalue weighted by Gasteiger charge is -2.11. The van der Waals surface area contributed by atoms with E-state index in [0.717, 1.165) is 0 Å². The highest BCUT2D eigenvalue weighted by Gasteiger charge is 2.15. The van der Waals surface area contributed by atoms with Crippen molar-refractivity contribution in [2.24, 2.45) is 5.73 Å². The van der Waals surface area contributed by atoms with Gasteiger partial charge in [0.05, 0.1) is 0 Å². The molecular weight excluding hydrogens is 343 g/mol. The number of hydrogen-bond donors (Lipinski definition) is 2. The summed E-state index contributed by atoms with van der Waals surface area (Å²) in [5.41, 5.74) is 6.19. The van der Waals surface area contributed by atoms with Crippen molar-refractivity contribution in [3.05, 3.63) is 28.0 Å². The number of nitrogens with two attached hydrogens (primary N) is 1. The number of aliphatic carboxylic acids is 1. The normalized spacial score (nSPS) is 11.4. The van der Waals surface area contributed by atoms with E-state index in [9.17, 15) is 9.59 Å². The molecule has 0 aromatic carbocycles. The quantitative estimate of drug-likeness (QED) is 0.574. The van der Waals surface area contributed by atoms with Crippen LogP contribution < -0.4 is 5.73 Å². The van der Waals surface area contributed by atoms with Crippen molar-refractivity contribution in [2.75, 3.05) is 0 Å². The molecule has 0 saturated heterocycles. The zero-order valence-electron chi connectivity index (χ0n) is 10.9. The van der Waals surface area contributed by atoms with Gasteiger partial charge in [0.25, 0.3) is 0 Å². The predicted octanol–water partition coefficient (Wildman–Crippen LogP) is 2.44. The monoisotopic (exact) mass is 356 g/mol. The number of carboxylic acid groups (broad SMARTS) is 1. The second-order valence-electron chi connectivity index (χ2n) is 4.12. The zero-order valence-corrected chi connectivity index (χ0v) is 13.2. The minimum atomic E-state index is -0.924. The molecule has 1 rings (SSSR count). The molecule has 0 unspecified atom stereocenters. The largest absolute Gasteiger partial charge is 0.481 e. The Morgan fingerprint density at radius 1 is 1.33 bits per heavy atom. The SMILES string of the molecule is Cl.N[C@@H](CCCC(=O)O)C(=O)OCc1cc(Cl)nc(Cl)c1. The highest BCUT2D eigenvalue weighted by atomic mass is 35.5. The first-order valence-corrected chi connectivity index (χ1v) is 6.60. The summed E-state index contributed by atoms with van der Waals surface area (Å²) in [6.45, 7) is -0.0204. The van der Waals surface area contributed by atoms with Crippen molar-refractivity contribution < 1.29 is 19.4 Å². The van der Waals surface area contributed by atoms with E-state index in [1.54, 1.807) is 0 Å². The summed E-state index contributed by atoms with van der Waals surface area (Å²) >= 11 is 11.4. The molecule has 0 aliphatic rings. The van der Waals surface area contributed by atoms with E-state index in [1.165, 1.54) is 12.1 Å². The number of carboxylic acids is 1. The van der Waals surface area contributed by atoms with Gasteiger partial charge in [0.15, 0.2) is 0 Å². The number of halogens is 3. The molecular formula is C12H15Cl3N2O4. The number of ether oxygens (including phenoxy) is 1. The molecule has 0 radical (unpaired) electrons. The molecule has 0 bridgehead atoms. The average Bonchev–Trinajstić information content (AvgIpc) is 2.34. The molecule has 9 heteroatoms. The van der Waals surface area contributed by atoms with Crippen LogP contribution in [-0.2, 0) is 20.9 Å². The van der Waals surface area contributed by atoms with Gasteiger partial charge in [0.1, 0.15) is 23.0 Å². The van der Waals surface area contributed by atoms with E-state index >= 15 is 0 Å². The molecule has 1 aromatic heterocycles. The van der Waals surface area contributed by atoms with Gasteiger partial charge < -0.3 is 15.6 Å². The second-order valence-corrected chi connectivity index (χ2v) is 4.90. The maximum Gasteiger partial charge on any atom is 0.323 e. The van der Waals surface area contributed by atoms with Crippen molar-refractivity contribution in [2.45, 2.75) is 31.9 Å². The molecule has 1 heterocycles. The van der Waals surface area contributed by atoms with Crippen molar-refractivity contribution in [1.29, 1.82) is 0 Å². The van der Waals surface area contributed by atoms with Gasteiger partial charge in [-0.15, -0.1) is 12.4 Å². The van der Waals surface area contributed by atoms with Gasteiger partial charge in [-0.25, -0.2) is 4.98 Å². The molecule has 0 spiro atoms. The van der Waals surface area contributed by atoms with Crippen molar-refractivity contribution in [3.63, 3.8) is 0 Å². The van der Waals surface area contributed by atoms with Crippen molar-refractivity contribution in [1.82, 2.24) is 4.98 Å². The topological polar surface area (TPSA) is 103 Å². The number of aromatic nitrogens is 1. The summed E-state index contributed by atoms with van der Waals surface area (Å²) in [6.07, 6.45) is 0.540. The highest BCUT2D eigenvalue weighted by molar-refractivity contribution is 6.32. The summed E-state index contributed by atoms with van der Waals surface area (Å²) < 4.78 is 5.00. The number of carbonyl (C=O) groups excluding carboxylic acids is 1. The lowest BCUT2D eigenvalue weighted by Crippen LogP contribution is -2.32. The molecule has 0 saturated carbocycles. The molecule has 0 fully saturated rings. The van der Waals surface area contributed by atoms with Gasteiger partial charge in [-0.3, -0.25) is 9.59 Å². The summed E-state index contributed by atoms with van der Waals surface area (Å²) in [5.74, 6) is -1.52. The third-order valence-electron chi connectivity index (χ3n) is 2.41. The fraction of sp³-hybridized carbons (Fsp3) is 0.417. The number of pyridine rings is 1. The number of rotatable bonds is 7. The molecule has 6 nitrogen and oxygen atoms in total. The van der Waals surface area contributed by atoms with Gasteiger partial charge in [0, 0.05) is 6.42 Å². The number of nitrogens with zero attached hydrogens (tertiary/aromatic N) is 1. The van der Waals surface area contributed by atoms with E-state index in [4.69, 9.17) is 38.8 Å². The summed E-state index contributed by atoms with van der Waals surface area (Å²) in [5, 5.41) is 8.89. The fourth-order valence-corrected chi connectivity index (χ4v) is 1.96. The Labute approximate surface area is 138 Å². The van der Waals surface area contributed by atoms with Crippen LogP contribution in [0, 0.1) is 0 Å². The number of carbonyl (C=O) groups is 2. The van der Waals surface area contributed by atoms with Crippen LogP contribution >= 0.6 is 35.6 Å². The molecule has 3 N–H and O–H groups in total. The molecule has 118 valence electrons. The molecule has 1 atom stereocenters. The Morgan fingerprint density at radius 2 is 1.90 bits per heavy atom. The fourth-order valence-electron chi connectivity index (χ4n) is 1.45. The third-order valence-corrected chi connectivity index (χ3v) is 2.80. The summed E-state index contributed by atoms with van der Waals surface area (Å²) in [6, 6.07) is 2.20. The van der Waals surface area contributed by atoms with Crippen LogP contribution in [0.4, 0.5) is 0 Å². The first-order chi connectivity index (χ1) is 9.38. The maximum absolute atomic E-state index is 11.6. The average molecular weight is 358 g/mol. The molecule has 0 aliphatic heterocycles. The Bertz CT molecular complexity index is 479. The van der Waals surface area contributed by atoms with Gasteiger partial charge >= 0.3 is 11.9 Å². The zero-order chi connectivity index (χ0) is 15.1. The third kappa shape index (κ3) is 8.06. The van der Waals surface area contributed by atoms with E-state index < -0.39 is 18.0 Å². The van der Waals surface area contributed by atoms with E-state index in [2.05, 4.69) is 4.98 Å². The first-order valence-electron chi connectivity index (χ1n) is 5.84. The Kier molecular flexibility index (Phi) is 9.28. The molecule has 21 heavy (non-hydrogen) atoms. The van der Waals surface area contributed by atoms with Crippen molar-refractivity contribution >= 4 is 47.5 Å². The van der Waals surface area contributed by atoms with Gasteiger partial charge in [-0.2, -0.15) is 0 Å². The smallest absolute Gasteiger partial charge is 0.323 e. The Hall–Kier alpha value is -1.08. The van der Waals surface area contributed by atoms with Crippen LogP contribution in [0.25, 0.3) is 0 Å². The second kappa shape index (κ2) is 9.78. The van der Waals surface area contributed by atoms with Crippen LogP contribution in [0.3, 0.4) is 0 Å². The number of hydrogen-bond acceptors (Lipinski definition) is 5. The van der Waals surface area contributed by atoms with Crippen molar-refractivity contribution in [3.8, 4) is 0 Å². The molecule has 0 amide bonds. The summed E-state index contributed by atoms with van der Waals surface area (Å²) in [7, 11) is 0. The lowest BCUT2D eigenvalue weighted by molar-refractivity contribution is -0.147. The van der Waals surface area contributed by atoms with E-state index in [1.807, 2.05) is 0 Å². The van der Waals surface area contributed by atoms with E-state index in [-0.39, 0.29) is 42.2 Å². The van der Waals surface area contributed by atoms with Crippen LogP contribution in [-0.4, -0.2) is 28.1 Å². The van der Waals surface area contributed by atoms with Crippen LogP contribution in [0.5, 0.6) is 0 Å². The Morgan fingerprint density at radius 3 is 2.43 bits per heavy atom. The molecule has 0 aliphatic carbocycles. The minimum Gasteiger partial charge on any atom is -0.481 e. The summed E-state index contributed by atoms with van der Waals surface area (Å²) in [4.78, 5) is 25.7. The minimum absolute atomic E-state index is 0. The molecule has 1 aromatic rings. The van der Waals surface area contributed by atoms with Crippen LogP contribution in [0.2, 0.25) is 10.3 Å². The standard InChI is InChI=1S/C12H14Cl2N2O4.ClH/c13-9-4-7(5-10(14)16-9)6-20-12(19)8(15)2-1-3-11(17)18;/h4-5,8H,1-3,6,15H2,(H,17,18);1H/t8-;/m0./s1. The van der Waals surface area contributed by atoms with E-state index in [0.29, 0.717) is 12.0 Å². The van der Waals surface area contributed by atoms with Crippen LogP contribution in [0.15, 0.2) is 12.1 Å². The van der Waals surface area contributed by atoms with Crippen LogP contribution in [0.1, 0.15) is 24.8 Å². The van der Waals surface area contributed by atoms with Gasteiger partial charge in [-0.05, 0) is 30.5 Å². The number of esters is 1. The first kappa shape index (κ1) is 19.9. The Balaban J connectivity index is 0.00000400. The predicted molar refractivity (Wildman–Crippen MR) is 80.8 cm³/mol. The van der Waals surface area contributed by atoms with Gasteiger partial charge in [-0.1, -0.05) is 23.2 Å². The highest BCUT2D eigenvalue weighted by Crippen LogP contribution is 2.15. The lowest BCUT2D eigenvalue weighted by atomic mass is 10.1. The maximum atomic E-state index is 11.6.